The Kier molecular flexibility index (Phi) is 6.53. The second-order valence-electron chi connectivity index (χ2n) is 6.62. The summed E-state index contributed by atoms with van der Waals surface area (Å²) in [5, 5.41) is 14.7. The molecule has 2 atom stereocenters. The highest BCUT2D eigenvalue weighted by Gasteiger charge is 2.25. The minimum Gasteiger partial charge on any atom is -0.467 e. The van der Waals surface area contributed by atoms with Crippen LogP contribution < -0.4 is 5.32 Å². The summed E-state index contributed by atoms with van der Waals surface area (Å²) in [5.41, 5.74) is 0.910. The molecule has 0 fully saturated rings. The third-order valence-corrected chi connectivity index (χ3v) is 4.05. The highest BCUT2D eigenvalue weighted by Crippen LogP contribution is 2.17. The van der Waals surface area contributed by atoms with Gasteiger partial charge in [-0.25, -0.2) is 4.79 Å². The van der Waals surface area contributed by atoms with Crippen molar-refractivity contribution in [1.82, 2.24) is 5.32 Å². The van der Waals surface area contributed by atoms with Gasteiger partial charge in [0.05, 0.1) is 7.11 Å². The maximum absolute atomic E-state index is 12.1. The zero-order valence-electron chi connectivity index (χ0n) is 14.9. The summed E-state index contributed by atoms with van der Waals surface area (Å²) in [5.74, 6) is -0.902. The van der Waals surface area contributed by atoms with E-state index in [1.165, 1.54) is 7.11 Å². The number of carbonyl (C=O) groups is 2. The molecule has 0 aliphatic carbocycles. The molecule has 0 spiro atoms. The van der Waals surface area contributed by atoms with Crippen LogP contribution in [0.1, 0.15) is 25.8 Å². The maximum Gasteiger partial charge on any atom is 0.328 e. The van der Waals surface area contributed by atoms with Crippen molar-refractivity contribution in [3.63, 3.8) is 0 Å². The summed E-state index contributed by atoms with van der Waals surface area (Å²) in [6.07, 6.45) is -0.489. The van der Waals surface area contributed by atoms with Crippen LogP contribution in [0.2, 0.25) is 0 Å². The average molecular weight is 343 g/mol. The number of carbonyl (C=O) groups excluding carboxylic acids is 2. The maximum atomic E-state index is 12.1. The van der Waals surface area contributed by atoms with Gasteiger partial charge in [0.1, 0.15) is 12.1 Å². The summed E-state index contributed by atoms with van der Waals surface area (Å²) in [6, 6.07) is 13.0. The molecule has 0 saturated heterocycles. The number of nitrogens with one attached hydrogen (secondary N) is 1. The van der Waals surface area contributed by atoms with Crippen LogP contribution in [0.4, 0.5) is 0 Å². The Labute approximate surface area is 148 Å². The van der Waals surface area contributed by atoms with Crippen LogP contribution in [0.25, 0.3) is 10.8 Å². The van der Waals surface area contributed by atoms with E-state index in [-0.39, 0.29) is 5.92 Å². The van der Waals surface area contributed by atoms with Crippen LogP contribution >= 0.6 is 0 Å². The second-order valence-corrected chi connectivity index (χ2v) is 6.62. The van der Waals surface area contributed by atoms with Gasteiger partial charge in [-0.3, -0.25) is 4.79 Å². The largest absolute Gasteiger partial charge is 0.467 e. The molecule has 0 aliphatic heterocycles. The van der Waals surface area contributed by atoms with Gasteiger partial charge in [0.2, 0.25) is 5.91 Å². The summed E-state index contributed by atoms with van der Waals surface area (Å²) < 4.78 is 4.80. The van der Waals surface area contributed by atoms with Gasteiger partial charge in [0.25, 0.3) is 0 Å². The number of amides is 1. The zero-order chi connectivity index (χ0) is 18.4. The van der Waals surface area contributed by atoms with E-state index >= 15 is 0 Å². The molecule has 0 unspecified atom stereocenters. The fourth-order valence-corrected chi connectivity index (χ4v) is 2.76. The molecule has 134 valence electrons. The lowest BCUT2D eigenvalue weighted by Gasteiger charge is -2.20. The van der Waals surface area contributed by atoms with Gasteiger partial charge in [0.15, 0.2) is 0 Å². The van der Waals surface area contributed by atoms with Gasteiger partial charge in [-0.1, -0.05) is 56.3 Å². The summed E-state index contributed by atoms with van der Waals surface area (Å²) in [4.78, 5) is 24.2. The van der Waals surface area contributed by atoms with Crippen molar-refractivity contribution in [3.8, 4) is 0 Å². The van der Waals surface area contributed by atoms with Crippen molar-refractivity contribution < 1.29 is 19.4 Å². The summed E-state index contributed by atoms with van der Waals surface area (Å²) in [7, 11) is 1.28. The predicted molar refractivity (Wildman–Crippen MR) is 97.1 cm³/mol. The van der Waals surface area contributed by atoms with Gasteiger partial charge in [-0.15, -0.1) is 0 Å². The SMILES string of the molecule is COC(=O)[C@@H](Cc1ccc2ccccc2c1)NC(=O)[C@H](O)CC(C)C. The summed E-state index contributed by atoms with van der Waals surface area (Å²) >= 11 is 0. The van der Waals surface area contributed by atoms with Crippen molar-refractivity contribution in [3.05, 3.63) is 48.0 Å². The number of benzene rings is 2. The highest BCUT2D eigenvalue weighted by atomic mass is 16.5. The Morgan fingerprint density at radius 2 is 1.80 bits per heavy atom. The predicted octanol–water partition coefficient (Wildman–Crippen LogP) is 2.45. The molecule has 0 heterocycles. The Hall–Kier alpha value is -2.40. The molecule has 0 saturated carbocycles. The first kappa shape index (κ1) is 18.9. The Balaban J connectivity index is 2.13. The van der Waals surface area contributed by atoms with Crippen LogP contribution in [0, 0.1) is 5.92 Å². The molecule has 25 heavy (non-hydrogen) atoms. The molecule has 0 aliphatic rings. The average Bonchev–Trinajstić information content (AvgIpc) is 2.59. The summed E-state index contributed by atoms with van der Waals surface area (Å²) in [6.45, 7) is 3.84. The van der Waals surface area contributed by atoms with Crippen LogP contribution in [0.5, 0.6) is 0 Å². The number of hydrogen-bond acceptors (Lipinski definition) is 4. The standard InChI is InChI=1S/C20H25NO4/c1-13(2)10-18(22)19(23)21-17(20(24)25-3)12-14-8-9-15-6-4-5-7-16(15)11-14/h4-9,11,13,17-18,22H,10,12H2,1-3H3,(H,21,23)/t17-,18-/m1/s1. The van der Waals surface area contributed by atoms with Crippen molar-refractivity contribution in [2.75, 3.05) is 7.11 Å². The molecule has 0 aromatic heterocycles. The number of methoxy groups -OCH3 is 1. The first-order valence-corrected chi connectivity index (χ1v) is 8.44. The molecule has 5 nitrogen and oxygen atoms in total. The molecule has 2 rings (SSSR count). The number of rotatable bonds is 7. The van der Waals surface area contributed by atoms with E-state index in [0.717, 1.165) is 16.3 Å². The van der Waals surface area contributed by atoms with Gasteiger partial charge in [0, 0.05) is 6.42 Å². The van der Waals surface area contributed by atoms with Crippen LogP contribution in [-0.4, -0.2) is 36.2 Å². The van der Waals surface area contributed by atoms with E-state index in [1.54, 1.807) is 0 Å². The van der Waals surface area contributed by atoms with Crippen LogP contribution in [0.3, 0.4) is 0 Å². The monoisotopic (exact) mass is 343 g/mol. The third-order valence-electron chi connectivity index (χ3n) is 4.05. The number of aliphatic hydroxyl groups is 1. The fourth-order valence-electron chi connectivity index (χ4n) is 2.76. The van der Waals surface area contributed by atoms with Gasteiger partial charge >= 0.3 is 5.97 Å². The zero-order valence-corrected chi connectivity index (χ0v) is 14.9. The van der Waals surface area contributed by atoms with E-state index in [4.69, 9.17) is 4.74 Å². The second kappa shape index (κ2) is 8.62. The molecule has 1 amide bonds. The van der Waals surface area contributed by atoms with E-state index in [1.807, 2.05) is 56.3 Å². The van der Waals surface area contributed by atoms with Crippen molar-refractivity contribution >= 4 is 22.6 Å². The van der Waals surface area contributed by atoms with Gasteiger partial charge in [-0.2, -0.15) is 0 Å². The van der Waals surface area contributed by atoms with Crippen molar-refractivity contribution in [1.29, 1.82) is 0 Å². The van der Waals surface area contributed by atoms with E-state index in [2.05, 4.69) is 5.32 Å². The lowest BCUT2D eigenvalue weighted by atomic mass is 10.0. The molecule has 2 aromatic carbocycles. The highest BCUT2D eigenvalue weighted by molar-refractivity contribution is 5.87. The van der Waals surface area contributed by atoms with E-state index in [0.29, 0.717) is 12.8 Å². The van der Waals surface area contributed by atoms with Crippen LogP contribution in [-0.2, 0) is 20.7 Å². The third kappa shape index (κ3) is 5.29. The molecule has 2 aromatic rings. The first-order valence-electron chi connectivity index (χ1n) is 8.44. The topological polar surface area (TPSA) is 75.6 Å². The molecule has 2 N–H and O–H groups in total. The van der Waals surface area contributed by atoms with Crippen LogP contribution in [0.15, 0.2) is 42.5 Å². The molecular weight excluding hydrogens is 318 g/mol. The first-order chi connectivity index (χ1) is 11.9. The Bertz CT molecular complexity index is 741. The number of hydrogen-bond donors (Lipinski definition) is 2. The van der Waals surface area contributed by atoms with Crippen molar-refractivity contribution in [2.24, 2.45) is 5.92 Å². The minimum absolute atomic E-state index is 0.179. The number of fused-ring (bicyclic) bond motifs is 1. The van der Waals surface area contributed by atoms with Crippen molar-refractivity contribution in [2.45, 2.75) is 38.8 Å². The Morgan fingerprint density at radius 3 is 2.44 bits per heavy atom. The molecule has 0 bridgehead atoms. The van der Waals surface area contributed by atoms with E-state index < -0.39 is 24.0 Å². The molecule has 0 radical (unpaired) electrons. The minimum atomic E-state index is -1.14. The molecule has 5 heteroatoms. The Morgan fingerprint density at radius 1 is 1.12 bits per heavy atom. The number of esters is 1. The van der Waals surface area contributed by atoms with Gasteiger partial charge in [-0.05, 0) is 28.7 Å². The number of aliphatic hydroxyl groups excluding tert-OH is 1. The quantitative estimate of drug-likeness (QED) is 0.757. The number of ether oxygens (including phenoxy) is 1. The fraction of sp³-hybridized carbons (Fsp3) is 0.400. The van der Waals surface area contributed by atoms with Gasteiger partial charge < -0.3 is 15.2 Å². The van der Waals surface area contributed by atoms with E-state index in [9.17, 15) is 14.7 Å². The molecular formula is C20H25NO4. The lowest BCUT2D eigenvalue weighted by molar-refractivity contribution is -0.146. The smallest absolute Gasteiger partial charge is 0.328 e. The lowest BCUT2D eigenvalue weighted by Crippen LogP contribution is -2.47. The normalized spacial score (nSPS) is 13.5.